The number of benzene rings is 2. The Morgan fingerprint density at radius 2 is 1.45 bits per heavy atom. The first-order chi connectivity index (χ1) is 22.1. The summed E-state index contributed by atoms with van der Waals surface area (Å²) in [6, 6.07) is 11.8. The molecule has 3 heterocycles. The van der Waals surface area contributed by atoms with Gasteiger partial charge >= 0.3 is 12.3 Å². The fourth-order valence-corrected chi connectivity index (χ4v) is 7.03. The highest BCUT2D eigenvalue weighted by atomic mass is 35.5. The van der Waals surface area contributed by atoms with Crippen molar-refractivity contribution in [2.24, 2.45) is 11.8 Å². The van der Waals surface area contributed by atoms with Gasteiger partial charge in [0.1, 0.15) is 5.60 Å². The van der Waals surface area contributed by atoms with Crippen molar-refractivity contribution < 1.29 is 37.4 Å². The molecule has 3 saturated heterocycles. The second kappa shape index (κ2) is 13.5. The van der Waals surface area contributed by atoms with Crippen LogP contribution in [0.1, 0.15) is 62.4 Å². The summed E-state index contributed by atoms with van der Waals surface area (Å²) < 4.78 is 47.4. The van der Waals surface area contributed by atoms with E-state index in [2.05, 4.69) is 10.2 Å². The minimum atomic E-state index is -5.15. The van der Waals surface area contributed by atoms with Gasteiger partial charge in [-0.2, -0.15) is 13.2 Å². The van der Waals surface area contributed by atoms with Crippen molar-refractivity contribution >= 4 is 35.2 Å². The number of halogens is 4. The number of nitrogens with one attached hydrogen (secondary N) is 1. The summed E-state index contributed by atoms with van der Waals surface area (Å²) in [6.07, 6.45) is -2.75. The van der Waals surface area contributed by atoms with Gasteiger partial charge in [-0.05, 0) is 76.5 Å². The van der Waals surface area contributed by atoms with Gasteiger partial charge in [-0.15, -0.1) is 0 Å². The molecule has 2 aromatic rings. The van der Waals surface area contributed by atoms with Gasteiger partial charge in [0.15, 0.2) is 0 Å². The Hall–Kier alpha value is -3.51. The average molecular weight is 679 g/mol. The summed E-state index contributed by atoms with van der Waals surface area (Å²) in [5.41, 5.74) is -3.36. The van der Waals surface area contributed by atoms with E-state index in [0.717, 1.165) is 48.7 Å². The second-order valence-electron chi connectivity index (χ2n) is 13.7. The maximum Gasteiger partial charge on any atom is 0.430 e. The minimum Gasteiger partial charge on any atom is -0.444 e. The molecule has 9 nitrogen and oxygen atoms in total. The molecule has 256 valence electrons. The summed E-state index contributed by atoms with van der Waals surface area (Å²) >= 11 is 6.57. The number of likely N-dealkylation sites (tertiary alicyclic amines) is 2. The standard InChI is InChI=1S/C34H42ClF3N4O5/c1-32(2,3)47-31(45)39-25-20-42(21-25)29(43)27-10-9-26(19-28(27)35)40-15-11-22(12-16-40)23-13-17-41(18-14-23)30(44)33(46,34(36,37)38)24-7-5-4-6-8-24/h4-10,19,22-23,25,46H,11-18,20-21H2,1-3H3,(H,39,45)/t33-/m1/s1. The van der Waals surface area contributed by atoms with Gasteiger partial charge in [-0.1, -0.05) is 41.9 Å². The molecule has 0 aliphatic carbocycles. The lowest BCUT2D eigenvalue weighted by molar-refractivity contribution is -0.262. The average Bonchev–Trinajstić information content (AvgIpc) is 3.00. The number of carbonyl (C=O) groups is 3. The van der Waals surface area contributed by atoms with Crippen molar-refractivity contribution in [1.29, 1.82) is 0 Å². The molecule has 3 aliphatic rings. The molecule has 3 fully saturated rings. The Morgan fingerprint density at radius 3 is 1.98 bits per heavy atom. The first-order valence-corrected chi connectivity index (χ1v) is 16.4. The van der Waals surface area contributed by atoms with Crippen LogP contribution < -0.4 is 10.2 Å². The number of carbonyl (C=O) groups excluding carboxylic acids is 3. The first-order valence-electron chi connectivity index (χ1n) is 16.0. The van der Waals surface area contributed by atoms with Crippen molar-refractivity contribution in [1.82, 2.24) is 15.1 Å². The number of hydrogen-bond acceptors (Lipinski definition) is 6. The number of rotatable bonds is 6. The zero-order chi connectivity index (χ0) is 34.1. The SMILES string of the molecule is CC(C)(C)OC(=O)NC1CN(C(=O)c2ccc(N3CCC(C4CCN(C(=O)[C@](O)(c5ccccc5)C(F)(F)F)CC4)CC3)cc2Cl)C1. The second-order valence-corrected chi connectivity index (χ2v) is 14.2. The molecule has 0 unspecified atom stereocenters. The number of alkyl halides is 3. The number of piperidine rings is 2. The third kappa shape index (κ3) is 7.64. The van der Waals surface area contributed by atoms with Crippen LogP contribution in [0.3, 0.4) is 0 Å². The molecule has 3 aliphatic heterocycles. The maximum atomic E-state index is 14.0. The van der Waals surface area contributed by atoms with E-state index >= 15 is 0 Å². The fourth-order valence-electron chi connectivity index (χ4n) is 6.77. The molecule has 3 amide bonds. The van der Waals surface area contributed by atoms with Crippen LogP contribution in [-0.4, -0.2) is 89.9 Å². The number of nitrogens with zero attached hydrogens (tertiary/aromatic N) is 3. The highest BCUT2D eigenvalue weighted by Crippen LogP contribution is 2.42. The third-order valence-electron chi connectivity index (χ3n) is 9.38. The van der Waals surface area contributed by atoms with Crippen molar-refractivity contribution in [3.05, 3.63) is 64.7 Å². The maximum absolute atomic E-state index is 14.0. The van der Waals surface area contributed by atoms with Gasteiger partial charge in [0, 0.05) is 50.5 Å². The van der Waals surface area contributed by atoms with E-state index in [4.69, 9.17) is 16.3 Å². The van der Waals surface area contributed by atoms with Gasteiger partial charge in [0.2, 0.25) is 0 Å². The van der Waals surface area contributed by atoms with E-state index in [0.29, 0.717) is 42.4 Å². The van der Waals surface area contributed by atoms with E-state index in [1.54, 1.807) is 37.8 Å². The summed E-state index contributed by atoms with van der Waals surface area (Å²) in [4.78, 5) is 43.1. The lowest BCUT2D eigenvalue weighted by Crippen LogP contribution is -2.61. The number of aliphatic hydroxyl groups is 1. The van der Waals surface area contributed by atoms with Crippen LogP contribution in [0.2, 0.25) is 5.02 Å². The van der Waals surface area contributed by atoms with E-state index in [1.165, 1.54) is 18.2 Å². The zero-order valence-electron chi connectivity index (χ0n) is 26.9. The van der Waals surface area contributed by atoms with Crippen LogP contribution in [0, 0.1) is 11.8 Å². The molecule has 1 atom stereocenters. The molecule has 0 saturated carbocycles. The van der Waals surface area contributed by atoms with E-state index < -0.39 is 34.9 Å². The van der Waals surface area contributed by atoms with Crippen LogP contribution >= 0.6 is 11.6 Å². The van der Waals surface area contributed by atoms with Crippen LogP contribution in [-0.2, 0) is 15.1 Å². The molecular formula is C34H42ClF3N4O5. The molecule has 0 radical (unpaired) electrons. The van der Waals surface area contributed by atoms with Gasteiger partial charge < -0.3 is 29.9 Å². The molecule has 5 rings (SSSR count). The zero-order valence-corrected chi connectivity index (χ0v) is 27.6. The first kappa shape index (κ1) is 34.8. The summed E-state index contributed by atoms with van der Waals surface area (Å²) in [6.45, 7) is 7.94. The Balaban J connectivity index is 1.10. The number of ether oxygens (including phenoxy) is 1. The monoisotopic (exact) mass is 678 g/mol. The van der Waals surface area contributed by atoms with Crippen LogP contribution in [0.4, 0.5) is 23.7 Å². The van der Waals surface area contributed by atoms with Crippen LogP contribution in [0.15, 0.2) is 48.5 Å². The van der Waals surface area contributed by atoms with Gasteiger partial charge in [0.05, 0.1) is 16.6 Å². The Morgan fingerprint density at radius 1 is 0.872 bits per heavy atom. The number of alkyl carbamates (subject to hydrolysis) is 1. The molecule has 47 heavy (non-hydrogen) atoms. The summed E-state index contributed by atoms with van der Waals surface area (Å²) in [7, 11) is 0. The number of amides is 3. The smallest absolute Gasteiger partial charge is 0.430 e. The molecule has 0 spiro atoms. The van der Waals surface area contributed by atoms with Crippen LogP contribution in [0.5, 0.6) is 0 Å². The van der Waals surface area contributed by atoms with Crippen molar-refractivity contribution in [2.75, 3.05) is 44.2 Å². The van der Waals surface area contributed by atoms with E-state index in [1.807, 2.05) is 6.07 Å². The molecule has 0 aromatic heterocycles. The van der Waals surface area contributed by atoms with Crippen molar-refractivity contribution in [2.45, 2.75) is 69.9 Å². The highest BCUT2D eigenvalue weighted by molar-refractivity contribution is 6.34. The molecule has 2 N–H and O–H groups in total. The predicted octanol–water partition coefficient (Wildman–Crippen LogP) is 5.59. The highest BCUT2D eigenvalue weighted by Gasteiger charge is 2.62. The number of anilines is 1. The van der Waals surface area contributed by atoms with Crippen molar-refractivity contribution in [3.8, 4) is 0 Å². The normalized spacial score (nSPS) is 20.0. The predicted molar refractivity (Wildman–Crippen MR) is 171 cm³/mol. The summed E-state index contributed by atoms with van der Waals surface area (Å²) in [5, 5.41) is 13.8. The molecule has 13 heteroatoms. The lowest BCUT2D eigenvalue weighted by atomic mass is 9.78. The van der Waals surface area contributed by atoms with Gasteiger partial charge in [-0.3, -0.25) is 9.59 Å². The van der Waals surface area contributed by atoms with Crippen molar-refractivity contribution in [3.63, 3.8) is 0 Å². The third-order valence-corrected chi connectivity index (χ3v) is 9.69. The molecular weight excluding hydrogens is 637 g/mol. The van der Waals surface area contributed by atoms with Crippen LogP contribution in [0.25, 0.3) is 0 Å². The largest absolute Gasteiger partial charge is 0.444 e. The topological polar surface area (TPSA) is 102 Å². The Kier molecular flexibility index (Phi) is 10.0. The van der Waals surface area contributed by atoms with Gasteiger partial charge in [-0.25, -0.2) is 4.79 Å². The molecule has 2 aromatic carbocycles. The Bertz CT molecular complexity index is 1450. The number of hydrogen-bond donors (Lipinski definition) is 2. The molecule has 0 bridgehead atoms. The fraction of sp³-hybridized carbons (Fsp3) is 0.559. The quantitative estimate of drug-likeness (QED) is 0.413. The lowest BCUT2D eigenvalue weighted by Gasteiger charge is -2.42. The Labute approximate surface area is 278 Å². The summed E-state index contributed by atoms with van der Waals surface area (Å²) in [5.74, 6) is -0.894. The van der Waals surface area contributed by atoms with E-state index in [-0.39, 0.29) is 31.0 Å². The van der Waals surface area contributed by atoms with Gasteiger partial charge in [0.25, 0.3) is 17.4 Å². The van der Waals surface area contributed by atoms with E-state index in [9.17, 15) is 32.7 Å². The minimum absolute atomic E-state index is 0.162.